The van der Waals surface area contributed by atoms with E-state index in [9.17, 15) is 25.2 Å². The van der Waals surface area contributed by atoms with Crippen LogP contribution in [0.2, 0.25) is 0 Å². The summed E-state index contributed by atoms with van der Waals surface area (Å²) in [6.07, 6.45) is -6.60. The summed E-state index contributed by atoms with van der Waals surface area (Å²) in [6.45, 7) is 11.3. The third kappa shape index (κ3) is 6.47. The number of hydrogen-bond acceptors (Lipinski definition) is 10. The van der Waals surface area contributed by atoms with Gasteiger partial charge in [-0.2, -0.15) is 0 Å². The van der Waals surface area contributed by atoms with Crippen LogP contribution in [0, 0.1) is 12.8 Å². The smallest absolute Gasteiger partial charge is 0.343 e. The van der Waals surface area contributed by atoms with Gasteiger partial charge >= 0.3 is 5.97 Å². The van der Waals surface area contributed by atoms with E-state index in [1.165, 1.54) is 0 Å². The summed E-state index contributed by atoms with van der Waals surface area (Å²) < 4.78 is 23.5. The van der Waals surface area contributed by atoms with Gasteiger partial charge < -0.3 is 39.4 Å². The highest BCUT2D eigenvalue weighted by atomic mass is 16.6. The van der Waals surface area contributed by atoms with E-state index in [2.05, 4.69) is 5.10 Å². The molecule has 0 radical (unpaired) electrons. The van der Waals surface area contributed by atoms with Crippen molar-refractivity contribution in [3.63, 3.8) is 0 Å². The average Bonchev–Trinajstić information content (AvgIpc) is 3.17. The van der Waals surface area contributed by atoms with Crippen molar-refractivity contribution in [2.75, 3.05) is 19.8 Å². The van der Waals surface area contributed by atoms with Crippen LogP contribution < -0.4 is 9.47 Å². The van der Waals surface area contributed by atoms with Gasteiger partial charge in [0.05, 0.1) is 19.8 Å². The zero-order valence-electron chi connectivity index (χ0n) is 22.8. The summed E-state index contributed by atoms with van der Waals surface area (Å²) in [5, 5.41) is 47.3. The van der Waals surface area contributed by atoms with Crippen molar-refractivity contribution in [3.8, 4) is 11.6 Å². The normalized spacial score (nSPS) is 24.5. The summed E-state index contributed by atoms with van der Waals surface area (Å²) in [5.74, 6) is -0.216. The van der Waals surface area contributed by atoms with E-state index in [0.717, 1.165) is 22.6 Å². The molecule has 1 aliphatic rings. The summed E-state index contributed by atoms with van der Waals surface area (Å²) in [4.78, 5) is 12.4. The van der Waals surface area contributed by atoms with Crippen LogP contribution in [0.15, 0.2) is 24.3 Å². The summed E-state index contributed by atoms with van der Waals surface area (Å²) in [7, 11) is 0. The lowest BCUT2D eigenvalue weighted by Crippen LogP contribution is -2.67. The summed E-state index contributed by atoms with van der Waals surface area (Å²) in [6, 6.07) is 7.62. The van der Waals surface area contributed by atoms with Crippen LogP contribution in [0.1, 0.15) is 57.5 Å². The number of rotatable bonds is 11. The number of aliphatic hydroxyl groups excluding tert-OH is 3. The number of hydrogen-bond donors (Lipinski definition) is 4. The first-order chi connectivity index (χ1) is 17.9. The van der Waals surface area contributed by atoms with Gasteiger partial charge in [-0.3, -0.25) is 4.68 Å². The molecule has 1 aliphatic heterocycles. The SMILES string of the molecule is CCOc1ccc(Cc2c(OC(O)[C@H]3OC[C@@](O)(C(=O)OCC(C)C)[C@@H](O)[C@@H]3O)nn(C(C)C)c2C)cc1. The average molecular weight is 537 g/mol. The number of benzene rings is 1. The molecule has 2 aromatic rings. The first-order valence-electron chi connectivity index (χ1n) is 12.9. The van der Waals surface area contributed by atoms with Gasteiger partial charge in [-0.25, -0.2) is 4.79 Å². The molecule has 1 fully saturated rings. The summed E-state index contributed by atoms with van der Waals surface area (Å²) >= 11 is 0. The number of aromatic nitrogens is 2. The van der Waals surface area contributed by atoms with Gasteiger partial charge in [0.25, 0.3) is 0 Å². The Labute approximate surface area is 222 Å². The van der Waals surface area contributed by atoms with Crippen LogP contribution in [0.3, 0.4) is 0 Å². The van der Waals surface area contributed by atoms with Crippen LogP contribution in [-0.4, -0.2) is 86.2 Å². The van der Waals surface area contributed by atoms with E-state index in [1.54, 1.807) is 4.68 Å². The summed E-state index contributed by atoms with van der Waals surface area (Å²) in [5.41, 5.74) is 0.0395. The molecule has 1 saturated heterocycles. The molecule has 0 aliphatic carbocycles. The minimum atomic E-state index is -2.49. The van der Waals surface area contributed by atoms with Gasteiger partial charge in [0.1, 0.15) is 24.1 Å². The topological polar surface area (TPSA) is 153 Å². The van der Waals surface area contributed by atoms with E-state index in [4.69, 9.17) is 18.9 Å². The monoisotopic (exact) mass is 536 g/mol. The van der Waals surface area contributed by atoms with E-state index < -0.39 is 42.8 Å². The van der Waals surface area contributed by atoms with E-state index in [-0.39, 0.29) is 24.4 Å². The minimum absolute atomic E-state index is 0.00278. The molecule has 212 valence electrons. The predicted octanol–water partition coefficient (Wildman–Crippen LogP) is 1.51. The van der Waals surface area contributed by atoms with Crippen LogP contribution in [0.25, 0.3) is 0 Å². The van der Waals surface area contributed by atoms with Crippen molar-refractivity contribution < 1.29 is 44.2 Å². The van der Waals surface area contributed by atoms with Crippen LogP contribution in [0.5, 0.6) is 11.6 Å². The number of nitrogens with zero attached hydrogens (tertiary/aromatic N) is 2. The van der Waals surface area contributed by atoms with Crippen molar-refractivity contribution in [1.29, 1.82) is 0 Å². The van der Waals surface area contributed by atoms with Gasteiger partial charge in [-0.15, -0.1) is 5.10 Å². The third-order valence-electron chi connectivity index (χ3n) is 6.40. The second-order valence-corrected chi connectivity index (χ2v) is 10.3. The Hall–Kier alpha value is -2.70. The van der Waals surface area contributed by atoms with E-state index in [1.807, 2.05) is 65.8 Å². The first kappa shape index (κ1) is 29.9. The first-order valence-corrected chi connectivity index (χ1v) is 12.9. The van der Waals surface area contributed by atoms with E-state index in [0.29, 0.717) is 13.0 Å². The third-order valence-corrected chi connectivity index (χ3v) is 6.40. The van der Waals surface area contributed by atoms with Crippen molar-refractivity contribution in [1.82, 2.24) is 9.78 Å². The van der Waals surface area contributed by atoms with Crippen LogP contribution >= 0.6 is 0 Å². The molecule has 3 rings (SSSR count). The molecule has 11 heteroatoms. The molecule has 0 saturated carbocycles. The quantitative estimate of drug-likeness (QED) is 0.246. The van der Waals surface area contributed by atoms with Gasteiger partial charge in [0, 0.05) is 23.7 Å². The Bertz CT molecular complexity index is 1070. The highest BCUT2D eigenvalue weighted by Gasteiger charge is 2.56. The number of aliphatic hydroxyl groups is 4. The van der Waals surface area contributed by atoms with Crippen molar-refractivity contribution in [3.05, 3.63) is 41.1 Å². The molecule has 38 heavy (non-hydrogen) atoms. The highest BCUT2D eigenvalue weighted by Crippen LogP contribution is 2.31. The standard InChI is InChI=1S/C27H40N2O9/c1-7-35-19-10-8-18(9-11-19)12-20-17(6)29(16(4)5)28-24(20)38-25(32)22-21(30)23(31)27(34,14-37-22)26(33)36-13-15(2)3/h8-11,15-16,21-23,25,30-32,34H,7,12-14H2,1-6H3/t21-,22+,23+,25?,27+/m1/s1. The molecule has 5 atom stereocenters. The molecule has 1 aromatic carbocycles. The Morgan fingerprint density at radius 1 is 1.21 bits per heavy atom. The van der Waals surface area contributed by atoms with Crippen LogP contribution in [-0.2, 0) is 20.7 Å². The second kappa shape index (κ2) is 12.4. The van der Waals surface area contributed by atoms with Crippen molar-refractivity contribution in [2.45, 2.75) is 84.2 Å². The van der Waals surface area contributed by atoms with Crippen molar-refractivity contribution in [2.24, 2.45) is 5.92 Å². The number of ether oxygens (including phenoxy) is 4. The Kier molecular flexibility index (Phi) is 9.77. The van der Waals surface area contributed by atoms with Gasteiger partial charge in [-0.05, 0) is 51.3 Å². The maximum Gasteiger partial charge on any atom is 0.343 e. The molecule has 0 spiro atoms. The fraction of sp³-hybridized carbons (Fsp3) is 0.630. The van der Waals surface area contributed by atoms with Crippen molar-refractivity contribution >= 4 is 5.97 Å². The zero-order valence-corrected chi connectivity index (χ0v) is 22.8. The zero-order chi connectivity index (χ0) is 28.2. The fourth-order valence-corrected chi connectivity index (χ4v) is 4.25. The van der Waals surface area contributed by atoms with E-state index >= 15 is 0 Å². The maximum atomic E-state index is 12.4. The molecule has 1 aromatic heterocycles. The van der Waals surface area contributed by atoms with Gasteiger partial charge in [0.2, 0.25) is 17.8 Å². The molecule has 0 bridgehead atoms. The van der Waals surface area contributed by atoms with Crippen LogP contribution in [0.4, 0.5) is 0 Å². The lowest BCUT2D eigenvalue weighted by atomic mass is 9.87. The Morgan fingerprint density at radius 2 is 1.87 bits per heavy atom. The second-order valence-electron chi connectivity index (χ2n) is 10.3. The predicted molar refractivity (Wildman–Crippen MR) is 137 cm³/mol. The lowest BCUT2D eigenvalue weighted by molar-refractivity contribution is -0.273. The molecule has 11 nitrogen and oxygen atoms in total. The lowest BCUT2D eigenvalue weighted by Gasteiger charge is -2.42. The number of esters is 1. The van der Waals surface area contributed by atoms with Gasteiger partial charge in [0.15, 0.2) is 0 Å². The fourth-order valence-electron chi connectivity index (χ4n) is 4.25. The Balaban J connectivity index is 1.78. The number of carbonyl (C=O) groups is 1. The number of carbonyl (C=O) groups excluding carboxylic acids is 1. The molecular formula is C27H40N2O9. The molecule has 0 amide bonds. The Morgan fingerprint density at radius 3 is 2.45 bits per heavy atom. The molecular weight excluding hydrogens is 496 g/mol. The largest absolute Gasteiger partial charge is 0.494 e. The highest BCUT2D eigenvalue weighted by molar-refractivity contribution is 5.80. The van der Waals surface area contributed by atoms with Gasteiger partial charge in [-0.1, -0.05) is 26.0 Å². The molecule has 2 heterocycles. The molecule has 4 N–H and O–H groups in total. The molecule has 1 unspecified atom stereocenters. The maximum absolute atomic E-state index is 12.4. The minimum Gasteiger partial charge on any atom is -0.494 e.